The van der Waals surface area contributed by atoms with Gasteiger partial charge in [0.05, 0.1) is 30.3 Å². The third-order valence-electron chi connectivity index (χ3n) is 6.25. The van der Waals surface area contributed by atoms with Crippen molar-refractivity contribution in [3.63, 3.8) is 0 Å². The summed E-state index contributed by atoms with van der Waals surface area (Å²) in [5, 5.41) is 12.3. The van der Waals surface area contributed by atoms with Gasteiger partial charge in [-0.3, -0.25) is 9.98 Å². The van der Waals surface area contributed by atoms with E-state index in [-0.39, 0.29) is 0 Å². The van der Waals surface area contributed by atoms with Gasteiger partial charge in [0, 0.05) is 43.3 Å². The monoisotopic (exact) mass is 412 g/mol. The fraction of sp³-hybridized carbons (Fsp3) is 0.348. The van der Waals surface area contributed by atoms with Gasteiger partial charge in [-0.2, -0.15) is 0 Å². The van der Waals surface area contributed by atoms with Gasteiger partial charge < -0.3 is 9.72 Å². The Bertz CT molecular complexity index is 1260. The molecule has 8 heteroatoms. The van der Waals surface area contributed by atoms with Crippen molar-refractivity contribution in [2.24, 2.45) is 10.9 Å². The Morgan fingerprint density at radius 1 is 1.10 bits per heavy atom. The summed E-state index contributed by atoms with van der Waals surface area (Å²) in [6.07, 6.45) is 16.7. The van der Waals surface area contributed by atoms with Crippen LogP contribution in [-0.2, 0) is 19.5 Å². The number of aromatic nitrogens is 6. The highest BCUT2D eigenvalue weighted by molar-refractivity contribution is 5.82. The first-order valence-corrected chi connectivity index (χ1v) is 10.9. The normalized spacial score (nSPS) is 15.5. The van der Waals surface area contributed by atoms with Crippen LogP contribution in [0.1, 0.15) is 36.1 Å². The molecule has 4 aromatic heterocycles. The van der Waals surface area contributed by atoms with E-state index in [0.29, 0.717) is 6.54 Å². The van der Waals surface area contributed by atoms with Crippen molar-refractivity contribution in [2.75, 3.05) is 6.54 Å². The van der Waals surface area contributed by atoms with E-state index in [2.05, 4.69) is 54.5 Å². The van der Waals surface area contributed by atoms with Crippen LogP contribution in [0, 0.1) is 5.92 Å². The van der Waals surface area contributed by atoms with Crippen LogP contribution >= 0.6 is 0 Å². The maximum Gasteiger partial charge on any atom is 0.137 e. The first-order valence-electron chi connectivity index (χ1n) is 10.9. The third kappa shape index (κ3) is 3.63. The van der Waals surface area contributed by atoms with E-state index in [9.17, 15) is 0 Å². The van der Waals surface area contributed by atoms with Crippen LogP contribution in [-0.4, -0.2) is 42.1 Å². The zero-order valence-electron chi connectivity index (χ0n) is 17.3. The lowest BCUT2D eigenvalue weighted by molar-refractivity contribution is 0.301. The minimum Gasteiger partial charge on any atom is -0.312 e. The number of nitrogens with zero attached hydrogens (tertiary/aromatic N) is 7. The second kappa shape index (κ2) is 7.70. The molecule has 1 fully saturated rings. The third-order valence-corrected chi connectivity index (χ3v) is 6.25. The molecule has 1 aliphatic carbocycles. The van der Waals surface area contributed by atoms with Crippen LogP contribution in [0.5, 0.6) is 0 Å². The zero-order chi connectivity index (χ0) is 20.6. The summed E-state index contributed by atoms with van der Waals surface area (Å²) in [6, 6.07) is 4.23. The zero-order valence-corrected chi connectivity index (χ0v) is 17.3. The van der Waals surface area contributed by atoms with E-state index in [1.807, 2.05) is 23.3 Å². The predicted molar refractivity (Wildman–Crippen MR) is 118 cm³/mol. The molecule has 8 nitrogen and oxygen atoms in total. The number of fused-ring (bicyclic) bond motifs is 2. The van der Waals surface area contributed by atoms with E-state index < -0.39 is 0 Å². The minimum atomic E-state index is 0.572. The Kier molecular flexibility index (Phi) is 4.57. The van der Waals surface area contributed by atoms with Crippen LogP contribution in [0.25, 0.3) is 16.9 Å². The Labute approximate surface area is 180 Å². The highest BCUT2D eigenvalue weighted by Crippen LogP contribution is 2.31. The van der Waals surface area contributed by atoms with Crippen molar-refractivity contribution in [3.05, 3.63) is 59.9 Å². The lowest BCUT2D eigenvalue weighted by Gasteiger charge is -2.25. The van der Waals surface area contributed by atoms with E-state index in [0.717, 1.165) is 59.3 Å². The molecule has 1 aliphatic heterocycles. The molecule has 4 aromatic rings. The summed E-state index contributed by atoms with van der Waals surface area (Å²) in [7, 11) is 0. The SMILES string of the molecule is C1=Nc2cncc(-c3cn(Cc4cn5cc(CNCC6CCC6)ccc5n4)nn3)c2C1. The summed E-state index contributed by atoms with van der Waals surface area (Å²) in [5.74, 6) is 0.872. The molecule has 2 aliphatic rings. The number of pyridine rings is 2. The summed E-state index contributed by atoms with van der Waals surface area (Å²) >= 11 is 0. The second-order valence-electron chi connectivity index (χ2n) is 8.46. The molecule has 1 saturated carbocycles. The first kappa shape index (κ1) is 18.4. The van der Waals surface area contributed by atoms with Gasteiger partial charge >= 0.3 is 0 Å². The molecule has 0 radical (unpaired) electrons. The Hall–Kier alpha value is -3.39. The Morgan fingerprint density at radius 3 is 2.97 bits per heavy atom. The molecular formula is C23H24N8. The van der Waals surface area contributed by atoms with E-state index >= 15 is 0 Å². The Balaban J connectivity index is 1.16. The predicted octanol–water partition coefficient (Wildman–Crippen LogP) is 3.18. The number of aliphatic imine (C=N–C) groups is 1. The van der Waals surface area contributed by atoms with E-state index in [1.54, 1.807) is 6.20 Å². The van der Waals surface area contributed by atoms with Gasteiger partial charge in [0.2, 0.25) is 0 Å². The average molecular weight is 413 g/mol. The van der Waals surface area contributed by atoms with Crippen LogP contribution in [0.15, 0.2) is 48.1 Å². The van der Waals surface area contributed by atoms with Crippen LogP contribution in [0.3, 0.4) is 0 Å². The first-order chi connectivity index (χ1) is 15.3. The fourth-order valence-corrected chi connectivity index (χ4v) is 4.31. The molecule has 31 heavy (non-hydrogen) atoms. The van der Waals surface area contributed by atoms with Gasteiger partial charge in [-0.1, -0.05) is 17.7 Å². The van der Waals surface area contributed by atoms with Gasteiger partial charge in [-0.25, -0.2) is 9.67 Å². The maximum absolute atomic E-state index is 4.74. The van der Waals surface area contributed by atoms with Gasteiger partial charge in [0.15, 0.2) is 0 Å². The number of hydrogen-bond acceptors (Lipinski definition) is 6. The van der Waals surface area contributed by atoms with Gasteiger partial charge in [0.25, 0.3) is 0 Å². The highest BCUT2D eigenvalue weighted by Gasteiger charge is 2.17. The van der Waals surface area contributed by atoms with E-state index in [4.69, 9.17) is 4.98 Å². The molecule has 0 unspecified atom stereocenters. The van der Waals surface area contributed by atoms with Gasteiger partial charge in [0.1, 0.15) is 11.3 Å². The number of nitrogens with one attached hydrogen (secondary N) is 1. The number of rotatable bonds is 7. The van der Waals surface area contributed by atoms with Gasteiger partial charge in [-0.15, -0.1) is 5.10 Å². The number of imidazole rings is 1. The van der Waals surface area contributed by atoms with Crippen LogP contribution < -0.4 is 5.32 Å². The largest absolute Gasteiger partial charge is 0.312 e. The van der Waals surface area contributed by atoms with Crippen molar-refractivity contribution in [3.8, 4) is 11.3 Å². The smallest absolute Gasteiger partial charge is 0.137 e. The quantitative estimate of drug-likeness (QED) is 0.504. The second-order valence-corrected chi connectivity index (χ2v) is 8.46. The Morgan fingerprint density at radius 2 is 2.06 bits per heavy atom. The molecule has 0 spiro atoms. The highest BCUT2D eigenvalue weighted by atomic mass is 15.4. The minimum absolute atomic E-state index is 0.572. The molecule has 0 atom stereocenters. The maximum atomic E-state index is 4.74. The number of hydrogen-bond donors (Lipinski definition) is 1. The lowest BCUT2D eigenvalue weighted by atomic mass is 9.85. The van der Waals surface area contributed by atoms with E-state index in [1.165, 1.54) is 24.8 Å². The standard InChI is InChI=1S/C23H24N8/c1-2-16(3-1)8-24-9-17-4-5-23-27-18(13-30(23)12-17)14-31-15-22(28-29-31)20-10-25-11-21-19(20)6-7-26-21/h4-5,7,10-13,15-16,24H,1-3,6,8-9,14H2. The van der Waals surface area contributed by atoms with Crippen molar-refractivity contribution in [1.29, 1.82) is 0 Å². The van der Waals surface area contributed by atoms with Gasteiger partial charge in [-0.05, 0) is 42.5 Å². The topological polar surface area (TPSA) is 85.3 Å². The van der Waals surface area contributed by atoms with Crippen molar-refractivity contribution in [1.82, 2.24) is 34.7 Å². The summed E-state index contributed by atoms with van der Waals surface area (Å²) in [5.41, 5.74) is 7.06. The molecule has 5 heterocycles. The van der Waals surface area contributed by atoms with Crippen LogP contribution in [0.2, 0.25) is 0 Å². The average Bonchev–Trinajstić information content (AvgIpc) is 3.48. The van der Waals surface area contributed by atoms with Crippen molar-refractivity contribution < 1.29 is 0 Å². The lowest BCUT2D eigenvalue weighted by Crippen LogP contribution is -2.26. The summed E-state index contributed by atoms with van der Waals surface area (Å²) < 4.78 is 3.92. The fourth-order valence-electron chi connectivity index (χ4n) is 4.31. The molecule has 156 valence electrons. The van der Waals surface area contributed by atoms with Crippen molar-refractivity contribution in [2.45, 2.75) is 38.8 Å². The molecule has 1 N–H and O–H groups in total. The van der Waals surface area contributed by atoms with Crippen molar-refractivity contribution >= 4 is 17.5 Å². The molecule has 0 saturated heterocycles. The molecular weight excluding hydrogens is 388 g/mol. The summed E-state index contributed by atoms with van der Waals surface area (Å²) in [4.78, 5) is 13.4. The molecule has 0 aromatic carbocycles. The molecule has 6 rings (SSSR count). The molecule has 0 amide bonds. The van der Waals surface area contributed by atoms with Crippen LogP contribution in [0.4, 0.5) is 5.69 Å². The molecule has 0 bridgehead atoms. The summed E-state index contributed by atoms with van der Waals surface area (Å²) in [6.45, 7) is 2.59.